The van der Waals surface area contributed by atoms with Crippen LogP contribution >= 0.6 is 0 Å². The van der Waals surface area contributed by atoms with Gasteiger partial charge >= 0.3 is 0 Å². The molecule has 2 heteroatoms. The number of benzene rings is 1. The summed E-state index contributed by atoms with van der Waals surface area (Å²) in [6.07, 6.45) is 2.29. The molecule has 1 aromatic rings. The molecule has 0 unspecified atom stereocenters. The number of hydrogen-bond donors (Lipinski definition) is 0. The van der Waals surface area contributed by atoms with Crippen molar-refractivity contribution in [2.24, 2.45) is 0 Å². The molecule has 1 aliphatic rings. The maximum absolute atomic E-state index is 5.40. The van der Waals surface area contributed by atoms with E-state index >= 15 is 0 Å². The summed E-state index contributed by atoms with van der Waals surface area (Å²) >= 11 is 0. The van der Waals surface area contributed by atoms with Crippen molar-refractivity contribution < 1.29 is 42.5 Å². The van der Waals surface area contributed by atoms with Crippen molar-refractivity contribution in [1.29, 1.82) is 0 Å². The fourth-order valence-electron chi connectivity index (χ4n) is 1.23. The number of fused-ring (bicyclic) bond motifs is 1. The Labute approximate surface area is 96.7 Å². The Morgan fingerprint density at radius 1 is 1.45 bits per heavy atom. The zero-order chi connectivity index (χ0) is 6.81. The Hall–Kier alpha value is 0.280. The largest absolute Gasteiger partial charge is 0.519 e. The molecule has 0 N–H and O–H groups in total. The maximum atomic E-state index is 5.40. The standard InChI is InChI=1S/C9H9O.Ho/c1-2-6-9-8(4-1)5-3-7-10-9;/h2,4,6H,3,5,7H2;/q-1;. The predicted molar refractivity (Wildman–Crippen MR) is 39.1 cm³/mol. The minimum atomic E-state index is 0. The molecule has 0 saturated carbocycles. The third-order valence-electron chi connectivity index (χ3n) is 1.75. The van der Waals surface area contributed by atoms with Crippen LogP contribution in [0.4, 0.5) is 0 Å². The van der Waals surface area contributed by atoms with Crippen LogP contribution in [0.3, 0.4) is 0 Å². The molecule has 11 heavy (non-hydrogen) atoms. The van der Waals surface area contributed by atoms with E-state index in [-0.39, 0.29) is 37.7 Å². The molecular formula is C9H9HoO-. The summed E-state index contributed by atoms with van der Waals surface area (Å²) in [6, 6.07) is 8.92. The van der Waals surface area contributed by atoms with E-state index in [1.165, 1.54) is 5.56 Å². The van der Waals surface area contributed by atoms with Crippen molar-refractivity contribution in [3.63, 3.8) is 0 Å². The first kappa shape index (κ1) is 9.37. The van der Waals surface area contributed by atoms with Crippen molar-refractivity contribution in [2.75, 3.05) is 6.61 Å². The molecule has 0 atom stereocenters. The van der Waals surface area contributed by atoms with Gasteiger partial charge in [0.15, 0.2) is 0 Å². The van der Waals surface area contributed by atoms with Crippen LogP contribution in [0.1, 0.15) is 12.0 Å². The van der Waals surface area contributed by atoms with Crippen LogP contribution in [-0.4, -0.2) is 6.61 Å². The van der Waals surface area contributed by atoms with Gasteiger partial charge in [0.05, 0.1) is 6.61 Å². The zero-order valence-corrected chi connectivity index (χ0v) is 8.00. The SMILES string of the molecule is [Ho].[c-]1ccc2c(c1)CCCO2. The number of aryl methyl sites for hydroxylation is 1. The summed E-state index contributed by atoms with van der Waals surface area (Å²) in [7, 11) is 0. The van der Waals surface area contributed by atoms with Gasteiger partial charge in [-0.2, -0.15) is 18.2 Å². The predicted octanol–water partition coefficient (Wildman–Crippen LogP) is 1.81. The van der Waals surface area contributed by atoms with Crippen LogP contribution in [-0.2, 0) is 6.42 Å². The summed E-state index contributed by atoms with van der Waals surface area (Å²) < 4.78 is 5.40. The number of ether oxygens (including phenoxy) is 1. The van der Waals surface area contributed by atoms with Gasteiger partial charge in [-0.25, -0.2) is 0 Å². The smallest absolute Gasteiger partial charge is 0.0844 e. The topological polar surface area (TPSA) is 9.23 Å². The first-order valence-corrected chi connectivity index (χ1v) is 3.58. The molecule has 0 spiro atoms. The molecule has 0 saturated heterocycles. The summed E-state index contributed by atoms with van der Waals surface area (Å²) in [5.74, 6) is 1.05. The Balaban J connectivity index is 0.000000605. The van der Waals surface area contributed by atoms with Gasteiger partial charge in [-0.1, -0.05) is 6.42 Å². The van der Waals surface area contributed by atoms with Crippen LogP contribution < -0.4 is 4.74 Å². The first-order valence-electron chi connectivity index (χ1n) is 3.58. The van der Waals surface area contributed by atoms with Crippen LogP contribution in [0.5, 0.6) is 5.75 Å². The van der Waals surface area contributed by atoms with E-state index in [4.69, 9.17) is 4.74 Å². The van der Waals surface area contributed by atoms with E-state index in [1.54, 1.807) is 0 Å². The Kier molecular flexibility index (Phi) is 3.70. The summed E-state index contributed by atoms with van der Waals surface area (Å²) in [5.41, 5.74) is 1.30. The summed E-state index contributed by atoms with van der Waals surface area (Å²) in [4.78, 5) is 0. The van der Waals surface area contributed by atoms with E-state index in [0.717, 1.165) is 25.2 Å². The van der Waals surface area contributed by atoms with Crippen molar-refractivity contribution in [2.45, 2.75) is 12.8 Å². The van der Waals surface area contributed by atoms with Gasteiger partial charge in [-0.05, 0) is 6.42 Å². The van der Waals surface area contributed by atoms with Gasteiger partial charge in [-0.3, -0.25) is 0 Å². The summed E-state index contributed by atoms with van der Waals surface area (Å²) in [5, 5.41) is 0. The number of hydrogen-bond acceptors (Lipinski definition) is 1. The molecule has 1 radical (unpaired) electrons. The van der Waals surface area contributed by atoms with Gasteiger partial charge in [0.2, 0.25) is 0 Å². The fourth-order valence-corrected chi connectivity index (χ4v) is 1.23. The van der Waals surface area contributed by atoms with Crippen molar-refractivity contribution in [1.82, 2.24) is 0 Å². The molecule has 1 nitrogen and oxygen atoms in total. The maximum Gasteiger partial charge on any atom is 0.0844 e. The zero-order valence-electron chi connectivity index (χ0n) is 6.06. The Bertz CT molecular complexity index is 210. The number of rotatable bonds is 0. The van der Waals surface area contributed by atoms with Gasteiger partial charge in [-0.15, -0.1) is 11.6 Å². The second-order valence-corrected chi connectivity index (χ2v) is 2.49. The molecule has 63 valence electrons. The van der Waals surface area contributed by atoms with Crippen LogP contribution in [0.2, 0.25) is 0 Å². The molecule has 0 aromatic heterocycles. The first-order chi connectivity index (χ1) is 4.97. The normalized spacial score (nSPS) is 14.2. The molecule has 2 rings (SSSR count). The van der Waals surface area contributed by atoms with Crippen LogP contribution in [0.15, 0.2) is 18.2 Å². The molecule has 0 amide bonds. The van der Waals surface area contributed by atoms with E-state index in [1.807, 2.05) is 18.2 Å². The molecule has 0 fully saturated rings. The minimum Gasteiger partial charge on any atom is -0.519 e. The van der Waals surface area contributed by atoms with E-state index in [2.05, 4.69) is 6.07 Å². The van der Waals surface area contributed by atoms with Crippen LogP contribution in [0.25, 0.3) is 0 Å². The van der Waals surface area contributed by atoms with Crippen LogP contribution in [0, 0.1) is 43.8 Å². The van der Waals surface area contributed by atoms with Crippen molar-refractivity contribution >= 4 is 0 Å². The molecule has 0 aliphatic carbocycles. The van der Waals surface area contributed by atoms with Gasteiger partial charge in [0.25, 0.3) is 0 Å². The summed E-state index contributed by atoms with van der Waals surface area (Å²) in [6.45, 7) is 0.872. The third-order valence-corrected chi connectivity index (χ3v) is 1.75. The molecule has 1 aliphatic heterocycles. The molecule has 0 bridgehead atoms. The fraction of sp³-hybridized carbons (Fsp3) is 0.333. The molecule has 1 aromatic carbocycles. The van der Waals surface area contributed by atoms with E-state index in [9.17, 15) is 0 Å². The van der Waals surface area contributed by atoms with Crippen molar-refractivity contribution in [3.8, 4) is 5.75 Å². The van der Waals surface area contributed by atoms with Gasteiger partial charge < -0.3 is 4.74 Å². The second kappa shape index (κ2) is 4.34. The van der Waals surface area contributed by atoms with E-state index in [0.29, 0.717) is 0 Å². The average molecular weight is 298 g/mol. The molecule has 1 heterocycles. The Morgan fingerprint density at radius 2 is 2.36 bits per heavy atom. The quantitative estimate of drug-likeness (QED) is 0.524. The van der Waals surface area contributed by atoms with Gasteiger partial charge in [0.1, 0.15) is 0 Å². The third kappa shape index (κ3) is 2.11. The monoisotopic (exact) mass is 298 g/mol. The van der Waals surface area contributed by atoms with E-state index < -0.39 is 0 Å². The van der Waals surface area contributed by atoms with Crippen molar-refractivity contribution in [3.05, 3.63) is 29.8 Å². The minimum absolute atomic E-state index is 0. The molecular weight excluding hydrogens is 289 g/mol. The second-order valence-electron chi connectivity index (χ2n) is 2.49. The van der Waals surface area contributed by atoms with Gasteiger partial charge in [0, 0.05) is 43.5 Å². The average Bonchev–Trinajstić information content (AvgIpc) is 2.05. The Morgan fingerprint density at radius 3 is 3.18 bits per heavy atom.